The summed E-state index contributed by atoms with van der Waals surface area (Å²) in [7, 11) is 0. The lowest BCUT2D eigenvalue weighted by Crippen LogP contribution is -2.17. The molecule has 7 heteroatoms. The molecule has 0 spiro atoms. The molecular weight excluding hydrogens is 319 g/mol. The average molecular weight is 333 g/mol. The Labute approximate surface area is 135 Å². The fourth-order valence-electron chi connectivity index (χ4n) is 2.65. The Balaban J connectivity index is 2.16. The van der Waals surface area contributed by atoms with Crippen LogP contribution in [0, 0.1) is 13.8 Å². The summed E-state index contributed by atoms with van der Waals surface area (Å²) in [6.07, 6.45) is -2.93. The van der Waals surface area contributed by atoms with E-state index in [0.29, 0.717) is 5.56 Å². The van der Waals surface area contributed by atoms with Gasteiger partial charge in [0.1, 0.15) is 0 Å². The van der Waals surface area contributed by atoms with Crippen molar-refractivity contribution in [1.82, 2.24) is 14.8 Å². The molecule has 0 saturated carbocycles. The minimum atomic E-state index is -4.46. The van der Waals surface area contributed by atoms with Crippen LogP contribution in [0.1, 0.15) is 17.0 Å². The van der Waals surface area contributed by atoms with E-state index >= 15 is 0 Å². The van der Waals surface area contributed by atoms with E-state index in [2.05, 4.69) is 10.2 Å². The Kier molecular flexibility index (Phi) is 3.79. The average Bonchev–Trinajstić information content (AvgIpc) is 2.86. The van der Waals surface area contributed by atoms with Gasteiger partial charge in [-0.2, -0.15) is 18.3 Å². The third-order valence-electron chi connectivity index (χ3n) is 3.78. The van der Waals surface area contributed by atoms with E-state index in [9.17, 15) is 18.0 Å². The summed E-state index contributed by atoms with van der Waals surface area (Å²) < 4.78 is 39.9. The van der Waals surface area contributed by atoms with E-state index < -0.39 is 17.3 Å². The highest BCUT2D eigenvalue weighted by Crippen LogP contribution is 2.30. The zero-order valence-electron chi connectivity index (χ0n) is 13.0. The van der Waals surface area contributed by atoms with Gasteiger partial charge in [-0.1, -0.05) is 6.07 Å². The number of H-pyrrole nitrogens is 1. The van der Waals surface area contributed by atoms with Crippen molar-refractivity contribution in [3.63, 3.8) is 0 Å². The first-order chi connectivity index (χ1) is 11.3. The van der Waals surface area contributed by atoms with Gasteiger partial charge in [-0.25, -0.2) is 0 Å². The summed E-state index contributed by atoms with van der Waals surface area (Å²) >= 11 is 0. The van der Waals surface area contributed by atoms with Crippen LogP contribution in [0.15, 0.2) is 47.4 Å². The molecule has 0 radical (unpaired) electrons. The minimum absolute atomic E-state index is 0.162. The number of aromatic nitrogens is 3. The molecule has 0 aliphatic carbocycles. The van der Waals surface area contributed by atoms with Crippen molar-refractivity contribution in [1.29, 1.82) is 0 Å². The van der Waals surface area contributed by atoms with Crippen LogP contribution < -0.4 is 5.56 Å². The summed E-state index contributed by atoms with van der Waals surface area (Å²) in [4.78, 5) is 12.1. The first kappa shape index (κ1) is 16.0. The van der Waals surface area contributed by atoms with Crippen LogP contribution in [0.3, 0.4) is 0 Å². The van der Waals surface area contributed by atoms with Crippen molar-refractivity contribution in [2.24, 2.45) is 0 Å². The molecule has 0 saturated heterocycles. The first-order valence-electron chi connectivity index (χ1n) is 7.19. The van der Waals surface area contributed by atoms with Crippen LogP contribution in [0.4, 0.5) is 13.2 Å². The molecule has 0 aliphatic heterocycles. The predicted molar refractivity (Wildman–Crippen MR) is 84.1 cm³/mol. The number of alkyl halides is 3. The van der Waals surface area contributed by atoms with Crippen molar-refractivity contribution in [2.75, 3.05) is 0 Å². The Bertz CT molecular complexity index is 935. The fourth-order valence-corrected chi connectivity index (χ4v) is 2.65. The lowest BCUT2D eigenvalue weighted by atomic mass is 10.1. The Morgan fingerprint density at radius 2 is 1.88 bits per heavy atom. The van der Waals surface area contributed by atoms with Crippen molar-refractivity contribution in [3.8, 4) is 16.8 Å². The molecule has 4 nitrogen and oxygen atoms in total. The monoisotopic (exact) mass is 333 g/mol. The second-order valence-electron chi connectivity index (χ2n) is 5.48. The molecule has 1 N–H and O–H groups in total. The van der Waals surface area contributed by atoms with Crippen molar-refractivity contribution in [2.45, 2.75) is 20.0 Å². The van der Waals surface area contributed by atoms with E-state index in [1.54, 1.807) is 6.07 Å². The molecule has 124 valence electrons. The fraction of sp³-hybridized carbons (Fsp3) is 0.176. The SMILES string of the molecule is Cc1n[nH]c(C)c1-c1ccc(=O)n(-c2cccc(C(F)(F)F)c2)c1. The molecule has 3 rings (SSSR count). The number of nitrogens with one attached hydrogen (secondary N) is 1. The topological polar surface area (TPSA) is 50.7 Å². The van der Waals surface area contributed by atoms with Crippen LogP contribution >= 0.6 is 0 Å². The van der Waals surface area contributed by atoms with Gasteiger partial charge in [0.15, 0.2) is 0 Å². The zero-order chi connectivity index (χ0) is 17.5. The van der Waals surface area contributed by atoms with E-state index in [0.717, 1.165) is 29.1 Å². The molecule has 24 heavy (non-hydrogen) atoms. The summed E-state index contributed by atoms with van der Waals surface area (Å²) in [5.41, 5.74) is 2.07. The summed E-state index contributed by atoms with van der Waals surface area (Å²) in [6.45, 7) is 3.66. The molecule has 0 unspecified atom stereocenters. The number of rotatable bonds is 2. The number of pyridine rings is 1. The van der Waals surface area contributed by atoms with Gasteiger partial charge < -0.3 is 0 Å². The molecule has 0 atom stereocenters. The van der Waals surface area contributed by atoms with Gasteiger partial charge in [0.2, 0.25) is 0 Å². The van der Waals surface area contributed by atoms with Crippen LogP contribution in [-0.4, -0.2) is 14.8 Å². The van der Waals surface area contributed by atoms with Crippen LogP contribution in [0.5, 0.6) is 0 Å². The minimum Gasteiger partial charge on any atom is -0.284 e. The first-order valence-corrected chi connectivity index (χ1v) is 7.19. The maximum Gasteiger partial charge on any atom is 0.416 e. The van der Waals surface area contributed by atoms with E-state index in [-0.39, 0.29) is 5.69 Å². The normalized spacial score (nSPS) is 11.7. The van der Waals surface area contributed by atoms with Gasteiger partial charge >= 0.3 is 6.18 Å². The molecule has 0 bridgehead atoms. The Morgan fingerprint density at radius 1 is 1.12 bits per heavy atom. The number of aryl methyl sites for hydroxylation is 2. The highest BCUT2D eigenvalue weighted by molar-refractivity contribution is 5.67. The van der Waals surface area contributed by atoms with Crippen molar-refractivity contribution >= 4 is 0 Å². The van der Waals surface area contributed by atoms with Crippen molar-refractivity contribution in [3.05, 3.63) is 69.9 Å². The summed E-state index contributed by atoms with van der Waals surface area (Å²) in [5.74, 6) is 0. The van der Waals surface area contributed by atoms with E-state index in [4.69, 9.17) is 0 Å². The Morgan fingerprint density at radius 3 is 2.50 bits per heavy atom. The van der Waals surface area contributed by atoms with Gasteiger partial charge in [-0.15, -0.1) is 0 Å². The molecule has 3 aromatic rings. The summed E-state index contributed by atoms with van der Waals surface area (Å²) in [6, 6.07) is 7.66. The van der Waals surface area contributed by atoms with Gasteiger partial charge in [0, 0.05) is 34.8 Å². The Hall–Kier alpha value is -2.83. The number of benzene rings is 1. The quantitative estimate of drug-likeness (QED) is 0.774. The largest absolute Gasteiger partial charge is 0.416 e. The molecule has 0 aliphatic rings. The van der Waals surface area contributed by atoms with Crippen molar-refractivity contribution < 1.29 is 13.2 Å². The molecule has 0 fully saturated rings. The molecule has 2 heterocycles. The second kappa shape index (κ2) is 5.67. The number of halogens is 3. The standard InChI is InChI=1S/C17H14F3N3O/c1-10-16(11(2)22-21-10)12-6-7-15(24)23(9-12)14-5-3-4-13(8-14)17(18,19)20/h3-9H,1-2H3,(H,21,22). The second-order valence-corrected chi connectivity index (χ2v) is 5.48. The lowest BCUT2D eigenvalue weighted by molar-refractivity contribution is -0.137. The number of hydrogen-bond acceptors (Lipinski definition) is 2. The van der Waals surface area contributed by atoms with Gasteiger partial charge in [-0.05, 0) is 38.1 Å². The molecule has 0 amide bonds. The predicted octanol–water partition coefficient (Wildman–Crippen LogP) is 3.86. The van der Waals surface area contributed by atoms with Gasteiger partial charge in [-0.3, -0.25) is 14.5 Å². The number of aromatic amines is 1. The smallest absolute Gasteiger partial charge is 0.284 e. The number of hydrogen-bond donors (Lipinski definition) is 1. The van der Waals surface area contributed by atoms with Gasteiger partial charge in [0.25, 0.3) is 5.56 Å². The molecule has 1 aromatic carbocycles. The maximum atomic E-state index is 12.9. The maximum absolute atomic E-state index is 12.9. The van der Waals surface area contributed by atoms with Crippen LogP contribution in [0.25, 0.3) is 16.8 Å². The summed E-state index contributed by atoms with van der Waals surface area (Å²) in [5, 5.41) is 6.95. The third kappa shape index (κ3) is 2.84. The molecular formula is C17H14F3N3O. The van der Waals surface area contributed by atoms with Crippen LogP contribution in [-0.2, 0) is 6.18 Å². The number of nitrogens with zero attached hydrogens (tertiary/aromatic N) is 2. The highest BCUT2D eigenvalue weighted by Gasteiger charge is 2.30. The highest BCUT2D eigenvalue weighted by atomic mass is 19.4. The van der Waals surface area contributed by atoms with E-state index in [1.807, 2.05) is 13.8 Å². The zero-order valence-corrected chi connectivity index (χ0v) is 13.0. The molecule has 2 aromatic heterocycles. The van der Waals surface area contributed by atoms with Gasteiger partial charge in [0.05, 0.1) is 11.3 Å². The van der Waals surface area contributed by atoms with Crippen LogP contribution in [0.2, 0.25) is 0 Å². The lowest BCUT2D eigenvalue weighted by Gasteiger charge is -2.12. The third-order valence-corrected chi connectivity index (χ3v) is 3.78. The van der Waals surface area contributed by atoms with E-state index in [1.165, 1.54) is 29.0 Å².